The lowest BCUT2D eigenvalue weighted by atomic mass is 10.2. The molecule has 0 saturated carbocycles. The fourth-order valence-corrected chi connectivity index (χ4v) is 1.40. The van der Waals surface area contributed by atoms with Gasteiger partial charge in [-0.3, -0.25) is 0 Å². The number of carboxylic acid groups (broad SMARTS) is 1. The largest absolute Gasteiger partial charge is 0.477 e. The molecule has 0 aliphatic rings. The third-order valence-electron chi connectivity index (χ3n) is 1.15. The molecule has 53 valence electrons. The first-order valence-electron chi connectivity index (χ1n) is 2.84. The normalized spacial score (nSPS) is 9.70. The molecule has 0 fully saturated rings. The van der Waals surface area contributed by atoms with Gasteiger partial charge in [0.25, 0.3) is 0 Å². The Hall–Kier alpha value is -0.830. The van der Waals surface area contributed by atoms with Crippen LogP contribution < -0.4 is 0 Å². The maximum atomic E-state index is 10.3. The summed E-state index contributed by atoms with van der Waals surface area (Å²) in [6.45, 7) is 3.64. The summed E-state index contributed by atoms with van der Waals surface area (Å²) in [5.74, 6) is -0.857. The number of hydrogen-bond acceptors (Lipinski definition) is 2. The highest BCUT2D eigenvalue weighted by Gasteiger charge is 2.04. The summed E-state index contributed by atoms with van der Waals surface area (Å²) in [5.41, 5.74) is 0.988. The van der Waals surface area contributed by atoms with E-state index in [0.29, 0.717) is 11.3 Å². The number of carboxylic acids is 1. The molecule has 0 amide bonds. The minimum absolute atomic E-state index is 0.388. The van der Waals surface area contributed by atoms with Gasteiger partial charge in [0.1, 0.15) is 4.88 Å². The van der Waals surface area contributed by atoms with E-state index < -0.39 is 5.97 Å². The number of aromatic carboxylic acids is 1. The molecule has 1 aromatic heterocycles. The molecule has 0 aliphatic carbocycles. The average Bonchev–Trinajstić information content (AvgIpc) is 2.34. The van der Waals surface area contributed by atoms with Gasteiger partial charge in [0.05, 0.1) is 0 Å². The summed E-state index contributed by atoms with van der Waals surface area (Å²) in [6, 6.07) is 1.65. The Labute approximate surface area is 63.1 Å². The van der Waals surface area contributed by atoms with Crippen LogP contribution in [0, 0.1) is 6.92 Å². The second-order valence-corrected chi connectivity index (χ2v) is 2.79. The van der Waals surface area contributed by atoms with Crippen LogP contribution in [0.2, 0.25) is 0 Å². The predicted molar refractivity (Wildman–Crippen MR) is 40.3 cm³/mol. The van der Waals surface area contributed by atoms with E-state index in [1.165, 1.54) is 11.3 Å². The average molecular weight is 155 g/mol. The topological polar surface area (TPSA) is 37.3 Å². The summed E-state index contributed by atoms with van der Waals surface area (Å²) >= 11 is 1.24. The highest BCUT2D eigenvalue weighted by Crippen LogP contribution is 2.14. The van der Waals surface area contributed by atoms with E-state index in [2.05, 4.69) is 6.92 Å². The van der Waals surface area contributed by atoms with Crippen molar-refractivity contribution >= 4 is 17.3 Å². The zero-order valence-corrected chi connectivity index (χ0v) is 6.15. The summed E-state index contributed by atoms with van der Waals surface area (Å²) in [4.78, 5) is 10.7. The zero-order valence-electron chi connectivity index (χ0n) is 5.33. The third-order valence-corrected chi connectivity index (χ3v) is 2.12. The van der Waals surface area contributed by atoms with Crippen LogP contribution in [-0.4, -0.2) is 11.1 Å². The van der Waals surface area contributed by atoms with Gasteiger partial charge in [-0.25, -0.2) is 4.79 Å². The maximum Gasteiger partial charge on any atom is 0.345 e. The molecule has 0 unspecified atom stereocenters. The van der Waals surface area contributed by atoms with Crippen molar-refractivity contribution in [3.8, 4) is 0 Å². The Balaban J connectivity index is 2.88. The standard InChI is InChI=1S/C7H7O2S/c1-2-5-3-6(7(8)9)10-4-5/h3-4H,1-2H2,(H,8,9). The van der Waals surface area contributed by atoms with Gasteiger partial charge in [0.2, 0.25) is 0 Å². The molecule has 1 rings (SSSR count). The number of hydrogen-bond donors (Lipinski definition) is 1. The van der Waals surface area contributed by atoms with Crippen LogP contribution in [0.4, 0.5) is 0 Å². The molecule has 10 heavy (non-hydrogen) atoms. The molecule has 0 aliphatic heterocycles. The van der Waals surface area contributed by atoms with E-state index in [-0.39, 0.29) is 0 Å². The lowest BCUT2D eigenvalue weighted by Gasteiger charge is -1.82. The minimum atomic E-state index is -0.857. The quantitative estimate of drug-likeness (QED) is 0.707. The van der Waals surface area contributed by atoms with Gasteiger partial charge < -0.3 is 5.11 Å². The van der Waals surface area contributed by atoms with E-state index in [4.69, 9.17) is 5.11 Å². The first kappa shape index (κ1) is 7.28. The number of rotatable bonds is 2. The van der Waals surface area contributed by atoms with Crippen molar-refractivity contribution in [2.45, 2.75) is 6.42 Å². The highest BCUT2D eigenvalue weighted by atomic mass is 32.1. The molecule has 0 bridgehead atoms. The van der Waals surface area contributed by atoms with Gasteiger partial charge in [-0.2, -0.15) is 0 Å². The van der Waals surface area contributed by atoms with Crippen LogP contribution >= 0.6 is 11.3 Å². The minimum Gasteiger partial charge on any atom is -0.477 e. The SMILES string of the molecule is [CH2]Cc1csc(C(=O)O)c1. The van der Waals surface area contributed by atoms with Gasteiger partial charge in [-0.05, 0) is 30.4 Å². The molecule has 3 heteroatoms. The summed E-state index contributed by atoms with van der Waals surface area (Å²) in [7, 11) is 0. The Kier molecular flexibility index (Phi) is 2.06. The molecule has 0 saturated heterocycles. The van der Waals surface area contributed by atoms with Gasteiger partial charge in [-0.15, -0.1) is 11.3 Å². The van der Waals surface area contributed by atoms with Crippen molar-refractivity contribution in [2.24, 2.45) is 0 Å². The first-order chi connectivity index (χ1) is 4.74. The van der Waals surface area contributed by atoms with Crippen molar-refractivity contribution in [1.82, 2.24) is 0 Å². The van der Waals surface area contributed by atoms with Gasteiger partial charge >= 0.3 is 5.97 Å². The van der Waals surface area contributed by atoms with Crippen molar-refractivity contribution < 1.29 is 9.90 Å². The fourth-order valence-electron chi connectivity index (χ4n) is 0.619. The third kappa shape index (κ3) is 1.36. The van der Waals surface area contributed by atoms with Crippen molar-refractivity contribution in [1.29, 1.82) is 0 Å². The van der Waals surface area contributed by atoms with Crippen molar-refractivity contribution in [3.05, 3.63) is 28.8 Å². The molecule has 2 nitrogen and oxygen atoms in total. The second-order valence-electron chi connectivity index (χ2n) is 1.87. The molecule has 1 aromatic rings. The van der Waals surface area contributed by atoms with Crippen LogP contribution in [-0.2, 0) is 6.42 Å². The van der Waals surface area contributed by atoms with E-state index in [1.807, 2.05) is 5.38 Å². The van der Waals surface area contributed by atoms with Crippen molar-refractivity contribution in [3.63, 3.8) is 0 Å². The van der Waals surface area contributed by atoms with Crippen LogP contribution in [0.25, 0.3) is 0 Å². The molecule has 0 spiro atoms. The molecular weight excluding hydrogens is 148 g/mol. The molecule has 1 heterocycles. The Morgan fingerprint density at radius 3 is 2.80 bits per heavy atom. The lowest BCUT2D eigenvalue weighted by Crippen LogP contribution is -1.90. The Morgan fingerprint density at radius 1 is 1.80 bits per heavy atom. The number of thiophene rings is 1. The summed E-state index contributed by atoms with van der Waals surface area (Å²) in [6.07, 6.45) is 0.657. The summed E-state index contributed by atoms with van der Waals surface area (Å²) < 4.78 is 0. The maximum absolute atomic E-state index is 10.3. The molecule has 1 radical (unpaired) electrons. The Bertz CT molecular complexity index is 240. The van der Waals surface area contributed by atoms with E-state index in [0.717, 1.165) is 5.56 Å². The zero-order chi connectivity index (χ0) is 7.56. The highest BCUT2D eigenvalue weighted by molar-refractivity contribution is 7.12. The lowest BCUT2D eigenvalue weighted by molar-refractivity contribution is 0.0702. The van der Waals surface area contributed by atoms with Crippen LogP contribution in [0.3, 0.4) is 0 Å². The Morgan fingerprint density at radius 2 is 2.50 bits per heavy atom. The summed E-state index contributed by atoms with van der Waals surface area (Å²) in [5, 5.41) is 10.3. The van der Waals surface area contributed by atoms with Gasteiger partial charge in [0, 0.05) is 0 Å². The fraction of sp³-hybridized carbons (Fsp3) is 0.143. The predicted octanol–water partition coefficient (Wildman–Crippen LogP) is 1.82. The van der Waals surface area contributed by atoms with Crippen LogP contribution in [0.5, 0.6) is 0 Å². The number of carbonyl (C=O) groups is 1. The molecule has 0 atom stereocenters. The second kappa shape index (κ2) is 2.84. The van der Waals surface area contributed by atoms with E-state index in [9.17, 15) is 4.79 Å². The molecule has 1 N–H and O–H groups in total. The monoisotopic (exact) mass is 155 g/mol. The smallest absolute Gasteiger partial charge is 0.345 e. The van der Waals surface area contributed by atoms with Crippen LogP contribution in [0.15, 0.2) is 11.4 Å². The first-order valence-corrected chi connectivity index (χ1v) is 3.72. The van der Waals surface area contributed by atoms with E-state index in [1.54, 1.807) is 6.07 Å². The van der Waals surface area contributed by atoms with E-state index >= 15 is 0 Å². The molecular formula is C7H7O2S. The van der Waals surface area contributed by atoms with Crippen molar-refractivity contribution in [2.75, 3.05) is 0 Å². The van der Waals surface area contributed by atoms with Gasteiger partial charge in [-0.1, -0.05) is 0 Å². The molecule has 0 aromatic carbocycles. The van der Waals surface area contributed by atoms with Gasteiger partial charge in [0.15, 0.2) is 0 Å². The van der Waals surface area contributed by atoms with Crippen LogP contribution in [0.1, 0.15) is 15.2 Å².